The van der Waals surface area contributed by atoms with E-state index < -0.39 is 5.63 Å². The Balaban J connectivity index is 1.60. The van der Waals surface area contributed by atoms with E-state index in [-0.39, 0.29) is 12.5 Å². The summed E-state index contributed by atoms with van der Waals surface area (Å²) >= 11 is 0. The zero-order valence-electron chi connectivity index (χ0n) is 16.3. The average Bonchev–Trinajstić information content (AvgIpc) is 2.78. The maximum absolute atomic E-state index is 12.5. The number of fused-ring (bicyclic) bond motifs is 1. The van der Waals surface area contributed by atoms with Gasteiger partial charge in [-0.2, -0.15) is 0 Å². The normalized spacial score (nSPS) is 10.6. The molecule has 0 saturated carbocycles. The number of nitrogens with one attached hydrogen (secondary N) is 1. The molecule has 1 aromatic heterocycles. The summed E-state index contributed by atoms with van der Waals surface area (Å²) in [6, 6.07) is 23.3. The molecule has 0 radical (unpaired) electrons. The highest BCUT2D eigenvalue weighted by molar-refractivity contribution is 5.94. The summed E-state index contributed by atoms with van der Waals surface area (Å²) in [6.45, 7) is -0.157. The minimum Gasteiger partial charge on any atom is -0.495 e. The average molecular weight is 401 g/mol. The van der Waals surface area contributed by atoms with Crippen LogP contribution in [0.5, 0.6) is 11.5 Å². The number of hydrogen-bond acceptors (Lipinski definition) is 5. The Hall–Kier alpha value is -4.06. The van der Waals surface area contributed by atoms with Gasteiger partial charge in [0, 0.05) is 5.39 Å². The lowest BCUT2D eigenvalue weighted by atomic mass is 10.0. The van der Waals surface area contributed by atoms with Gasteiger partial charge in [0.05, 0.1) is 18.4 Å². The van der Waals surface area contributed by atoms with Crippen LogP contribution in [0.15, 0.2) is 88.1 Å². The summed E-state index contributed by atoms with van der Waals surface area (Å²) in [5, 5.41) is 3.59. The van der Waals surface area contributed by atoms with Crippen LogP contribution in [0, 0.1) is 0 Å². The second-order valence-electron chi connectivity index (χ2n) is 6.55. The second kappa shape index (κ2) is 8.53. The molecule has 6 nitrogen and oxygen atoms in total. The standard InChI is InChI=1S/C24H19NO5/c1-28-22-12-11-16(19-13-17-7-5-6-10-21(17)30-24(19)27)14-20(22)25-23(26)15-29-18-8-3-2-4-9-18/h2-14H,15H2,1H3,(H,25,26). The Labute approximate surface area is 172 Å². The Morgan fingerprint density at radius 2 is 1.73 bits per heavy atom. The highest BCUT2D eigenvalue weighted by Gasteiger charge is 2.13. The maximum Gasteiger partial charge on any atom is 0.344 e. The van der Waals surface area contributed by atoms with Crippen molar-refractivity contribution in [3.63, 3.8) is 0 Å². The molecular formula is C24H19NO5. The molecule has 0 bridgehead atoms. The van der Waals surface area contributed by atoms with Crippen LogP contribution >= 0.6 is 0 Å². The lowest BCUT2D eigenvalue weighted by Gasteiger charge is -2.13. The summed E-state index contributed by atoms with van der Waals surface area (Å²) in [5.74, 6) is 0.721. The van der Waals surface area contributed by atoms with Crippen LogP contribution in [-0.4, -0.2) is 19.6 Å². The monoisotopic (exact) mass is 401 g/mol. The number of carbonyl (C=O) groups excluding carboxylic acids is 1. The molecule has 3 aromatic carbocycles. The Bertz CT molecular complexity index is 1250. The van der Waals surface area contributed by atoms with Crippen LogP contribution in [0.1, 0.15) is 0 Å². The predicted molar refractivity (Wildman–Crippen MR) is 115 cm³/mol. The molecule has 6 heteroatoms. The van der Waals surface area contributed by atoms with Gasteiger partial charge in [-0.1, -0.05) is 42.5 Å². The molecular weight excluding hydrogens is 382 g/mol. The van der Waals surface area contributed by atoms with Crippen molar-refractivity contribution in [3.05, 3.63) is 89.3 Å². The van der Waals surface area contributed by atoms with Crippen molar-refractivity contribution in [3.8, 4) is 22.6 Å². The summed E-state index contributed by atoms with van der Waals surface area (Å²) in [7, 11) is 1.51. The van der Waals surface area contributed by atoms with Crippen molar-refractivity contribution in [2.45, 2.75) is 0 Å². The molecule has 1 N–H and O–H groups in total. The lowest BCUT2D eigenvalue weighted by Crippen LogP contribution is -2.20. The minimum atomic E-state index is -0.455. The van der Waals surface area contributed by atoms with Crippen LogP contribution < -0.4 is 20.4 Å². The molecule has 150 valence electrons. The first-order valence-electron chi connectivity index (χ1n) is 9.33. The fourth-order valence-corrected chi connectivity index (χ4v) is 3.09. The zero-order valence-corrected chi connectivity index (χ0v) is 16.3. The van der Waals surface area contributed by atoms with E-state index in [0.29, 0.717) is 33.9 Å². The van der Waals surface area contributed by atoms with Crippen molar-refractivity contribution >= 4 is 22.6 Å². The van der Waals surface area contributed by atoms with Crippen LogP contribution in [0.2, 0.25) is 0 Å². The van der Waals surface area contributed by atoms with Crippen LogP contribution in [0.3, 0.4) is 0 Å². The molecule has 0 atom stereocenters. The summed E-state index contributed by atoms with van der Waals surface area (Å²) in [6.07, 6.45) is 0. The van der Waals surface area contributed by atoms with E-state index >= 15 is 0 Å². The van der Waals surface area contributed by atoms with Crippen LogP contribution in [0.25, 0.3) is 22.1 Å². The number of para-hydroxylation sites is 2. The fourth-order valence-electron chi connectivity index (χ4n) is 3.09. The smallest absolute Gasteiger partial charge is 0.344 e. The SMILES string of the molecule is COc1ccc(-c2cc3ccccc3oc2=O)cc1NC(=O)COc1ccccc1. The van der Waals surface area contributed by atoms with Gasteiger partial charge < -0.3 is 19.2 Å². The van der Waals surface area contributed by atoms with Crippen molar-refractivity contribution in [2.75, 3.05) is 19.0 Å². The first-order valence-corrected chi connectivity index (χ1v) is 9.33. The number of anilines is 1. The molecule has 4 aromatic rings. The van der Waals surface area contributed by atoms with E-state index in [4.69, 9.17) is 13.9 Å². The molecule has 1 amide bonds. The first-order chi connectivity index (χ1) is 14.6. The topological polar surface area (TPSA) is 77.8 Å². The van der Waals surface area contributed by atoms with E-state index in [0.717, 1.165) is 5.39 Å². The second-order valence-corrected chi connectivity index (χ2v) is 6.55. The first kappa shape index (κ1) is 19.3. The van der Waals surface area contributed by atoms with Crippen molar-refractivity contribution < 1.29 is 18.7 Å². The molecule has 4 rings (SSSR count). The highest BCUT2D eigenvalue weighted by Crippen LogP contribution is 2.30. The molecule has 1 heterocycles. The summed E-state index contributed by atoms with van der Waals surface area (Å²) in [4.78, 5) is 24.8. The van der Waals surface area contributed by atoms with Gasteiger partial charge in [-0.3, -0.25) is 4.79 Å². The van der Waals surface area contributed by atoms with Crippen molar-refractivity contribution in [1.29, 1.82) is 0 Å². The highest BCUT2D eigenvalue weighted by atomic mass is 16.5. The molecule has 0 fully saturated rings. The molecule has 0 aliphatic rings. The molecule has 0 spiro atoms. The predicted octanol–water partition coefficient (Wildman–Crippen LogP) is 4.49. The minimum absolute atomic E-state index is 0.157. The number of rotatable bonds is 6. The summed E-state index contributed by atoms with van der Waals surface area (Å²) in [5.41, 5.74) is 1.50. The van der Waals surface area contributed by atoms with E-state index in [1.54, 1.807) is 42.5 Å². The largest absolute Gasteiger partial charge is 0.495 e. The Morgan fingerprint density at radius 1 is 0.967 bits per heavy atom. The van der Waals surface area contributed by atoms with Crippen molar-refractivity contribution in [2.24, 2.45) is 0 Å². The third kappa shape index (κ3) is 4.17. The molecule has 0 aliphatic carbocycles. The van der Waals surface area contributed by atoms with Gasteiger partial charge in [0.25, 0.3) is 5.91 Å². The number of carbonyl (C=O) groups is 1. The van der Waals surface area contributed by atoms with E-state index in [1.165, 1.54) is 7.11 Å². The van der Waals surface area contributed by atoms with Gasteiger partial charge in [0.1, 0.15) is 17.1 Å². The fraction of sp³-hybridized carbons (Fsp3) is 0.0833. The van der Waals surface area contributed by atoms with Gasteiger partial charge in [0.2, 0.25) is 0 Å². The van der Waals surface area contributed by atoms with Crippen molar-refractivity contribution in [1.82, 2.24) is 0 Å². The van der Waals surface area contributed by atoms with Gasteiger partial charge >= 0.3 is 5.63 Å². The molecule has 30 heavy (non-hydrogen) atoms. The lowest BCUT2D eigenvalue weighted by molar-refractivity contribution is -0.118. The summed E-state index contributed by atoms with van der Waals surface area (Å²) < 4.78 is 16.2. The van der Waals surface area contributed by atoms with Gasteiger partial charge in [0.15, 0.2) is 6.61 Å². The van der Waals surface area contributed by atoms with Gasteiger partial charge in [-0.25, -0.2) is 4.79 Å². The van der Waals surface area contributed by atoms with Gasteiger partial charge in [-0.15, -0.1) is 0 Å². The maximum atomic E-state index is 12.5. The number of amides is 1. The number of hydrogen-bond donors (Lipinski definition) is 1. The number of benzene rings is 3. The number of ether oxygens (including phenoxy) is 2. The van der Waals surface area contributed by atoms with E-state index in [9.17, 15) is 9.59 Å². The van der Waals surface area contributed by atoms with Crippen LogP contribution in [0.4, 0.5) is 5.69 Å². The third-order valence-electron chi connectivity index (χ3n) is 4.54. The van der Waals surface area contributed by atoms with E-state index in [2.05, 4.69) is 5.32 Å². The molecule has 0 saturated heterocycles. The Morgan fingerprint density at radius 3 is 2.53 bits per heavy atom. The van der Waals surface area contributed by atoms with Gasteiger partial charge in [-0.05, 0) is 42.0 Å². The molecule has 0 unspecified atom stereocenters. The third-order valence-corrected chi connectivity index (χ3v) is 4.54. The molecule has 0 aliphatic heterocycles. The Kier molecular flexibility index (Phi) is 5.48. The number of methoxy groups -OCH3 is 1. The van der Waals surface area contributed by atoms with E-state index in [1.807, 2.05) is 36.4 Å². The zero-order chi connectivity index (χ0) is 20.9. The van der Waals surface area contributed by atoms with Crippen LogP contribution in [-0.2, 0) is 4.79 Å². The quantitative estimate of drug-likeness (QED) is 0.482.